The molecule has 0 spiro atoms. The minimum atomic E-state index is -3.50. The van der Waals surface area contributed by atoms with Crippen molar-refractivity contribution in [3.05, 3.63) is 71.8 Å². The molecule has 28 heavy (non-hydrogen) atoms. The maximum atomic E-state index is 12.7. The molecule has 0 aliphatic heterocycles. The van der Waals surface area contributed by atoms with E-state index >= 15 is 0 Å². The van der Waals surface area contributed by atoms with Gasteiger partial charge in [-0.15, -0.1) is 6.58 Å². The SMILES string of the molecule is C=CCN(c1ccc(C)cc1OCc1ccc(C(=O)O)cc1)S(=O)(=O)CCC. The van der Waals surface area contributed by atoms with Gasteiger partial charge in [0.25, 0.3) is 0 Å². The number of hydrogen-bond acceptors (Lipinski definition) is 4. The lowest BCUT2D eigenvalue weighted by Gasteiger charge is -2.25. The Hall–Kier alpha value is -2.80. The number of nitrogens with zero attached hydrogens (tertiary/aromatic N) is 1. The summed E-state index contributed by atoms with van der Waals surface area (Å²) in [6.45, 7) is 7.72. The fourth-order valence-electron chi connectivity index (χ4n) is 2.69. The van der Waals surface area contributed by atoms with Crippen LogP contribution in [0.3, 0.4) is 0 Å². The summed E-state index contributed by atoms with van der Waals surface area (Å²) >= 11 is 0. The van der Waals surface area contributed by atoms with Crippen molar-refractivity contribution in [3.63, 3.8) is 0 Å². The van der Waals surface area contributed by atoms with Crippen LogP contribution in [0, 0.1) is 6.92 Å². The second kappa shape index (κ2) is 9.41. The van der Waals surface area contributed by atoms with E-state index in [4.69, 9.17) is 9.84 Å². The molecule has 0 saturated heterocycles. The summed E-state index contributed by atoms with van der Waals surface area (Å²) in [5, 5.41) is 8.98. The average molecular weight is 404 g/mol. The van der Waals surface area contributed by atoms with Crippen molar-refractivity contribution in [1.29, 1.82) is 0 Å². The molecule has 150 valence electrons. The van der Waals surface area contributed by atoms with Crippen molar-refractivity contribution < 1.29 is 23.1 Å². The highest BCUT2D eigenvalue weighted by molar-refractivity contribution is 7.92. The van der Waals surface area contributed by atoms with Crippen LogP contribution >= 0.6 is 0 Å². The topological polar surface area (TPSA) is 83.9 Å². The first kappa shape index (κ1) is 21.5. The number of aromatic carboxylic acids is 1. The standard InChI is InChI=1S/C21H25NO5S/c1-4-12-22(28(25,26)13-5-2)19-11-6-16(3)14-20(19)27-15-17-7-9-18(10-8-17)21(23)24/h4,6-11,14H,1,5,12-13,15H2,2-3H3,(H,23,24). The smallest absolute Gasteiger partial charge is 0.335 e. The molecular weight excluding hydrogens is 378 g/mol. The van der Waals surface area contributed by atoms with Gasteiger partial charge in [0.05, 0.1) is 23.5 Å². The van der Waals surface area contributed by atoms with Crippen LogP contribution in [0.1, 0.15) is 34.8 Å². The summed E-state index contributed by atoms with van der Waals surface area (Å²) in [5.41, 5.74) is 2.37. The van der Waals surface area contributed by atoms with E-state index in [1.165, 1.54) is 16.4 Å². The quantitative estimate of drug-likeness (QED) is 0.606. The zero-order valence-electron chi connectivity index (χ0n) is 16.1. The molecule has 0 amide bonds. The van der Waals surface area contributed by atoms with E-state index in [9.17, 15) is 13.2 Å². The molecule has 1 N–H and O–H groups in total. The highest BCUT2D eigenvalue weighted by atomic mass is 32.2. The van der Waals surface area contributed by atoms with E-state index in [1.807, 2.05) is 19.9 Å². The van der Waals surface area contributed by atoms with Gasteiger partial charge in [-0.05, 0) is 48.7 Å². The van der Waals surface area contributed by atoms with Crippen LogP contribution in [0.25, 0.3) is 0 Å². The number of carboxylic acids is 1. The Morgan fingerprint density at radius 3 is 2.46 bits per heavy atom. The van der Waals surface area contributed by atoms with Gasteiger partial charge in [-0.1, -0.05) is 31.2 Å². The van der Waals surface area contributed by atoms with Gasteiger partial charge in [-0.3, -0.25) is 4.31 Å². The predicted molar refractivity (Wildman–Crippen MR) is 111 cm³/mol. The number of hydrogen-bond donors (Lipinski definition) is 1. The summed E-state index contributed by atoms with van der Waals surface area (Å²) in [6.07, 6.45) is 2.05. The molecule has 2 rings (SSSR count). The summed E-state index contributed by atoms with van der Waals surface area (Å²) < 4.78 is 32.6. The van der Waals surface area contributed by atoms with Crippen molar-refractivity contribution >= 4 is 21.7 Å². The third kappa shape index (κ3) is 5.36. The third-order valence-electron chi connectivity index (χ3n) is 4.07. The second-order valence-corrected chi connectivity index (χ2v) is 8.41. The fourth-order valence-corrected chi connectivity index (χ4v) is 4.21. The van der Waals surface area contributed by atoms with E-state index < -0.39 is 16.0 Å². The maximum Gasteiger partial charge on any atom is 0.335 e. The van der Waals surface area contributed by atoms with Crippen LogP contribution in [0.4, 0.5) is 5.69 Å². The number of anilines is 1. The van der Waals surface area contributed by atoms with Crippen LogP contribution < -0.4 is 9.04 Å². The molecule has 0 aromatic heterocycles. The number of carboxylic acid groups (broad SMARTS) is 1. The lowest BCUT2D eigenvalue weighted by atomic mass is 10.1. The van der Waals surface area contributed by atoms with E-state index in [1.54, 1.807) is 30.3 Å². The molecule has 2 aromatic carbocycles. The first-order chi connectivity index (χ1) is 13.3. The van der Waals surface area contributed by atoms with Gasteiger partial charge < -0.3 is 9.84 Å². The van der Waals surface area contributed by atoms with Crippen molar-refractivity contribution in [3.8, 4) is 5.75 Å². The van der Waals surface area contributed by atoms with Crippen LogP contribution in [0.5, 0.6) is 5.75 Å². The van der Waals surface area contributed by atoms with E-state index in [2.05, 4.69) is 6.58 Å². The van der Waals surface area contributed by atoms with Gasteiger partial charge >= 0.3 is 5.97 Å². The summed E-state index contributed by atoms with van der Waals surface area (Å²) in [4.78, 5) is 11.0. The van der Waals surface area contributed by atoms with E-state index in [0.717, 1.165) is 11.1 Å². The predicted octanol–water partition coefficient (Wildman–Crippen LogP) is 4.00. The number of benzene rings is 2. The van der Waals surface area contributed by atoms with E-state index in [0.29, 0.717) is 17.9 Å². The van der Waals surface area contributed by atoms with Crippen LogP contribution in [0.15, 0.2) is 55.1 Å². The molecule has 0 heterocycles. The molecule has 0 unspecified atom stereocenters. The average Bonchev–Trinajstić information content (AvgIpc) is 2.65. The molecule has 6 nitrogen and oxygen atoms in total. The minimum absolute atomic E-state index is 0.0325. The first-order valence-electron chi connectivity index (χ1n) is 8.95. The first-order valence-corrected chi connectivity index (χ1v) is 10.6. The second-order valence-electron chi connectivity index (χ2n) is 6.40. The Morgan fingerprint density at radius 1 is 1.21 bits per heavy atom. The largest absolute Gasteiger partial charge is 0.487 e. The molecular formula is C21H25NO5S. The maximum absolute atomic E-state index is 12.7. The Morgan fingerprint density at radius 2 is 1.89 bits per heavy atom. The van der Waals surface area contributed by atoms with Crippen molar-refractivity contribution in [2.45, 2.75) is 26.9 Å². The highest BCUT2D eigenvalue weighted by Gasteiger charge is 2.23. The fraction of sp³-hybridized carbons (Fsp3) is 0.286. The number of carbonyl (C=O) groups is 1. The van der Waals surface area contributed by atoms with Crippen molar-refractivity contribution in [2.75, 3.05) is 16.6 Å². The number of sulfonamides is 1. The molecule has 0 fully saturated rings. The molecule has 0 aliphatic carbocycles. The highest BCUT2D eigenvalue weighted by Crippen LogP contribution is 2.32. The molecule has 0 atom stereocenters. The number of rotatable bonds is 10. The van der Waals surface area contributed by atoms with Crippen LogP contribution in [-0.2, 0) is 16.6 Å². The Balaban J connectivity index is 2.32. The lowest BCUT2D eigenvalue weighted by Crippen LogP contribution is -2.33. The molecule has 0 radical (unpaired) electrons. The molecule has 2 aromatic rings. The normalized spacial score (nSPS) is 11.1. The molecule has 0 bridgehead atoms. The minimum Gasteiger partial charge on any atom is -0.487 e. The van der Waals surface area contributed by atoms with Gasteiger partial charge in [0.1, 0.15) is 12.4 Å². The van der Waals surface area contributed by atoms with Gasteiger partial charge in [-0.25, -0.2) is 13.2 Å². The van der Waals surface area contributed by atoms with Gasteiger partial charge in [0.15, 0.2) is 0 Å². The van der Waals surface area contributed by atoms with Crippen molar-refractivity contribution in [2.24, 2.45) is 0 Å². The van der Waals surface area contributed by atoms with Gasteiger partial charge in [0.2, 0.25) is 10.0 Å². The Labute approximate surface area is 166 Å². The van der Waals surface area contributed by atoms with Crippen LogP contribution in [0.2, 0.25) is 0 Å². The zero-order valence-corrected chi connectivity index (χ0v) is 16.9. The third-order valence-corrected chi connectivity index (χ3v) is 6.01. The number of ether oxygens (including phenoxy) is 1. The molecule has 0 aliphatic rings. The molecule has 0 saturated carbocycles. The summed E-state index contributed by atoms with van der Waals surface area (Å²) in [6, 6.07) is 11.7. The monoisotopic (exact) mass is 403 g/mol. The van der Waals surface area contributed by atoms with Gasteiger partial charge in [-0.2, -0.15) is 0 Å². The Bertz CT molecular complexity index is 936. The lowest BCUT2D eigenvalue weighted by molar-refractivity contribution is 0.0697. The Kier molecular flexibility index (Phi) is 7.23. The van der Waals surface area contributed by atoms with Crippen LogP contribution in [-0.4, -0.2) is 31.8 Å². The summed E-state index contributed by atoms with van der Waals surface area (Å²) in [5.74, 6) is -0.511. The number of aryl methyl sites for hydroxylation is 1. The van der Waals surface area contributed by atoms with Crippen molar-refractivity contribution in [1.82, 2.24) is 0 Å². The van der Waals surface area contributed by atoms with E-state index in [-0.39, 0.29) is 24.5 Å². The zero-order chi connectivity index (χ0) is 20.7. The summed E-state index contributed by atoms with van der Waals surface area (Å²) in [7, 11) is -3.50. The van der Waals surface area contributed by atoms with Gasteiger partial charge in [0, 0.05) is 0 Å². The molecule has 7 heteroatoms.